The molecule has 0 aromatic heterocycles. The van der Waals surface area contributed by atoms with Crippen LogP contribution >= 0.6 is 0 Å². The Balaban J connectivity index is 1.92. The zero-order valence-electron chi connectivity index (χ0n) is 11.1. The van der Waals surface area contributed by atoms with Crippen molar-refractivity contribution in [3.63, 3.8) is 0 Å². The second-order valence-corrected chi connectivity index (χ2v) is 9.89. The summed E-state index contributed by atoms with van der Waals surface area (Å²) in [5.74, 6) is -0.0307. The van der Waals surface area contributed by atoms with Crippen LogP contribution in [0.15, 0.2) is 0 Å². The van der Waals surface area contributed by atoms with E-state index in [0.29, 0.717) is 12.6 Å². The zero-order chi connectivity index (χ0) is 14.1. The van der Waals surface area contributed by atoms with Gasteiger partial charge in [-0.25, -0.2) is 21.6 Å². The number of sulfonamides is 1. The maximum atomic E-state index is 12.2. The summed E-state index contributed by atoms with van der Waals surface area (Å²) in [5.41, 5.74) is 0. The van der Waals surface area contributed by atoms with E-state index in [2.05, 4.69) is 17.0 Å². The molecule has 112 valence electrons. The van der Waals surface area contributed by atoms with E-state index in [1.807, 2.05) is 0 Å². The van der Waals surface area contributed by atoms with Crippen LogP contribution in [0.3, 0.4) is 0 Å². The van der Waals surface area contributed by atoms with Crippen LogP contribution in [0.4, 0.5) is 0 Å². The molecule has 19 heavy (non-hydrogen) atoms. The molecule has 6 nitrogen and oxygen atoms in total. The summed E-state index contributed by atoms with van der Waals surface area (Å²) in [5, 5.41) is 2.69. The van der Waals surface area contributed by atoms with Gasteiger partial charge in [-0.05, 0) is 32.6 Å². The third kappa shape index (κ3) is 4.14. The second-order valence-electron chi connectivity index (χ2n) is 5.60. The Morgan fingerprint density at radius 1 is 1.11 bits per heavy atom. The summed E-state index contributed by atoms with van der Waals surface area (Å²) in [4.78, 5) is 0. The van der Waals surface area contributed by atoms with Crippen LogP contribution in [-0.2, 0) is 19.9 Å². The van der Waals surface area contributed by atoms with Crippen LogP contribution in [0.1, 0.15) is 32.6 Å². The molecule has 2 heterocycles. The van der Waals surface area contributed by atoms with Crippen LogP contribution in [0, 0.1) is 0 Å². The van der Waals surface area contributed by atoms with E-state index >= 15 is 0 Å². The molecule has 0 spiro atoms. The lowest BCUT2D eigenvalue weighted by Crippen LogP contribution is -2.51. The van der Waals surface area contributed by atoms with Gasteiger partial charge in [0, 0.05) is 18.6 Å². The number of nitrogens with one attached hydrogen (secondary N) is 2. The lowest BCUT2D eigenvalue weighted by atomic mass is 10.0. The summed E-state index contributed by atoms with van der Waals surface area (Å²) in [7, 11) is -6.43. The zero-order valence-corrected chi connectivity index (χ0v) is 12.8. The van der Waals surface area contributed by atoms with Gasteiger partial charge in [-0.2, -0.15) is 0 Å². The summed E-state index contributed by atoms with van der Waals surface area (Å²) in [6, 6.07) is 0.361. The van der Waals surface area contributed by atoms with E-state index in [4.69, 9.17) is 0 Å². The standard InChI is InChI=1S/C11H22N2O4S2/c1-9-2-3-10(8-12-9)13-19(16,17)11-4-6-18(14,15)7-5-11/h9-13H,2-8H2,1H3. The van der Waals surface area contributed by atoms with E-state index in [1.165, 1.54) is 0 Å². The van der Waals surface area contributed by atoms with Gasteiger partial charge in [0.05, 0.1) is 16.8 Å². The quantitative estimate of drug-likeness (QED) is 0.741. The topological polar surface area (TPSA) is 92.3 Å². The van der Waals surface area contributed by atoms with Crippen LogP contribution in [-0.4, -0.2) is 52.2 Å². The molecule has 0 amide bonds. The van der Waals surface area contributed by atoms with Crippen molar-refractivity contribution < 1.29 is 16.8 Å². The highest BCUT2D eigenvalue weighted by Crippen LogP contribution is 2.20. The first-order valence-corrected chi connectivity index (χ1v) is 10.1. The highest BCUT2D eigenvalue weighted by atomic mass is 32.2. The number of piperidine rings is 1. The second kappa shape index (κ2) is 5.67. The van der Waals surface area contributed by atoms with Gasteiger partial charge in [-0.1, -0.05) is 0 Å². The van der Waals surface area contributed by atoms with Crippen LogP contribution in [0.2, 0.25) is 0 Å². The van der Waals surface area contributed by atoms with Gasteiger partial charge in [0.25, 0.3) is 0 Å². The van der Waals surface area contributed by atoms with Gasteiger partial charge in [-0.3, -0.25) is 0 Å². The number of hydrogen-bond donors (Lipinski definition) is 2. The molecule has 2 aliphatic heterocycles. The molecule has 2 N–H and O–H groups in total. The number of hydrogen-bond acceptors (Lipinski definition) is 5. The Morgan fingerprint density at radius 3 is 2.26 bits per heavy atom. The fourth-order valence-corrected chi connectivity index (χ4v) is 6.11. The van der Waals surface area contributed by atoms with Crippen molar-refractivity contribution in [1.29, 1.82) is 0 Å². The Bertz CT molecular complexity index is 493. The van der Waals surface area contributed by atoms with Gasteiger partial charge < -0.3 is 5.32 Å². The summed E-state index contributed by atoms with van der Waals surface area (Å²) in [6.45, 7) is 2.72. The number of sulfone groups is 1. The minimum absolute atomic E-state index is 0.0153. The van der Waals surface area contributed by atoms with Gasteiger partial charge in [-0.15, -0.1) is 0 Å². The minimum atomic E-state index is -3.41. The van der Waals surface area contributed by atoms with Crippen molar-refractivity contribution >= 4 is 19.9 Å². The third-order valence-electron chi connectivity index (χ3n) is 3.93. The molecule has 2 fully saturated rings. The van der Waals surface area contributed by atoms with Crippen molar-refractivity contribution in [3.8, 4) is 0 Å². The van der Waals surface area contributed by atoms with Crippen molar-refractivity contribution in [2.24, 2.45) is 0 Å². The molecule has 0 bridgehead atoms. The fraction of sp³-hybridized carbons (Fsp3) is 1.00. The summed E-state index contributed by atoms with van der Waals surface area (Å²) < 4.78 is 49.8. The van der Waals surface area contributed by atoms with Gasteiger partial charge in [0.1, 0.15) is 9.84 Å². The predicted molar refractivity (Wildman–Crippen MR) is 74.2 cm³/mol. The molecule has 0 aromatic rings. The van der Waals surface area contributed by atoms with E-state index < -0.39 is 25.1 Å². The molecular formula is C11H22N2O4S2. The summed E-state index contributed by atoms with van der Waals surface area (Å²) in [6.07, 6.45) is 2.22. The lowest BCUT2D eigenvalue weighted by molar-refractivity contribution is 0.364. The normalized spacial score (nSPS) is 33.1. The predicted octanol–water partition coefficient (Wildman–Crippen LogP) is -0.376. The Labute approximate surface area is 115 Å². The first-order chi connectivity index (χ1) is 8.78. The van der Waals surface area contributed by atoms with Gasteiger partial charge >= 0.3 is 0 Å². The first-order valence-electron chi connectivity index (χ1n) is 6.73. The van der Waals surface area contributed by atoms with Crippen LogP contribution in [0.25, 0.3) is 0 Å². The molecule has 2 rings (SSSR count). The van der Waals surface area contributed by atoms with E-state index in [9.17, 15) is 16.8 Å². The average Bonchev–Trinajstić information content (AvgIpc) is 2.31. The molecule has 8 heteroatoms. The SMILES string of the molecule is CC1CCC(NS(=O)(=O)C2CCS(=O)(=O)CC2)CN1. The van der Waals surface area contributed by atoms with E-state index in [0.717, 1.165) is 12.8 Å². The smallest absolute Gasteiger partial charge is 0.214 e. The fourth-order valence-electron chi connectivity index (χ4n) is 2.61. The molecule has 0 aliphatic carbocycles. The summed E-state index contributed by atoms with van der Waals surface area (Å²) >= 11 is 0. The molecule has 2 atom stereocenters. The van der Waals surface area contributed by atoms with Crippen molar-refractivity contribution in [3.05, 3.63) is 0 Å². The Kier molecular flexibility index (Phi) is 4.54. The van der Waals surface area contributed by atoms with Gasteiger partial charge in [0.15, 0.2) is 0 Å². The molecular weight excluding hydrogens is 288 g/mol. The van der Waals surface area contributed by atoms with Gasteiger partial charge in [0.2, 0.25) is 10.0 Å². The monoisotopic (exact) mass is 310 g/mol. The maximum absolute atomic E-state index is 12.2. The molecule has 0 saturated carbocycles. The Hall–Kier alpha value is -0.180. The molecule has 2 unspecified atom stereocenters. The van der Waals surface area contributed by atoms with E-state index in [-0.39, 0.29) is 30.4 Å². The van der Waals surface area contributed by atoms with Crippen molar-refractivity contribution in [2.45, 2.75) is 49.9 Å². The first kappa shape index (κ1) is 15.2. The minimum Gasteiger partial charge on any atom is -0.313 e. The Morgan fingerprint density at radius 2 is 1.74 bits per heavy atom. The third-order valence-corrected chi connectivity index (χ3v) is 7.66. The average molecular weight is 310 g/mol. The van der Waals surface area contributed by atoms with Crippen molar-refractivity contribution in [1.82, 2.24) is 10.0 Å². The van der Waals surface area contributed by atoms with Crippen LogP contribution < -0.4 is 10.0 Å². The molecule has 0 aromatic carbocycles. The lowest BCUT2D eigenvalue weighted by Gasteiger charge is -2.30. The molecule has 2 aliphatic rings. The highest BCUT2D eigenvalue weighted by Gasteiger charge is 2.34. The molecule has 0 radical (unpaired) electrons. The number of rotatable bonds is 3. The van der Waals surface area contributed by atoms with Crippen molar-refractivity contribution in [2.75, 3.05) is 18.1 Å². The van der Waals surface area contributed by atoms with Crippen LogP contribution in [0.5, 0.6) is 0 Å². The van der Waals surface area contributed by atoms with E-state index in [1.54, 1.807) is 0 Å². The largest absolute Gasteiger partial charge is 0.313 e. The highest BCUT2D eigenvalue weighted by molar-refractivity contribution is 7.92. The maximum Gasteiger partial charge on any atom is 0.214 e. The molecule has 2 saturated heterocycles.